The van der Waals surface area contributed by atoms with Gasteiger partial charge in [-0.2, -0.15) is 4.72 Å². The number of methoxy groups -OCH3 is 1. The number of nitrogens with zero attached hydrogens (tertiary/aromatic N) is 1. The second-order valence-electron chi connectivity index (χ2n) is 8.11. The van der Waals surface area contributed by atoms with Crippen LogP contribution in [0.1, 0.15) is 67.0 Å². The molecular weight excluding hydrogens is 501 g/mol. The number of halogens is 2. The van der Waals surface area contributed by atoms with Crippen LogP contribution in [-0.4, -0.2) is 30.8 Å². The molecule has 2 aromatic carbocycles. The highest BCUT2D eigenvalue weighted by Gasteiger charge is 2.35. The molecule has 1 heterocycles. The number of hydrogen-bond acceptors (Lipinski definition) is 7. The minimum absolute atomic E-state index is 0.0884. The summed E-state index contributed by atoms with van der Waals surface area (Å²) in [5.74, 6) is -2.68. The van der Waals surface area contributed by atoms with Crippen LogP contribution < -0.4 is 15.2 Å². The Labute approximate surface area is 207 Å². The Morgan fingerprint density at radius 2 is 1.94 bits per heavy atom. The summed E-state index contributed by atoms with van der Waals surface area (Å²) in [7, 11) is -3.14. The molecule has 3 rings (SSSR count). The quantitative estimate of drug-likeness (QED) is 0.384. The molecule has 0 fully saturated rings. The number of aryl methyl sites for hydroxylation is 1. The number of benzene rings is 2. The van der Waals surface area contributed by atoms with Crippen molar-refractivity contribution in [1.82, 2.24) is 14.9 Å². The molecule has 190 valence electrons. The average Bonchev–Trinajstić information content (AvgIpc) is 3.22. The first kappa shape index (κ1) is 26.9. The standard InChI is InChI=1S/C23H27ClFN3O6S/c1-6-14-7-9-16(25)18(11(14)2)12(3)20(22-26-27-23(30)34-22)28-35(31,32)17-10-8-15(24)19(13(4)29)21(17)33-5/h7-10,12-13,20,28-29H,6H2,1-5H3,(H,27,30)/t12-,13?,20+/m1/s1. The number of nitrogens with one attached hydrogen (secondary N) is 2. The molecule has 0 spiro atoms. The maximum Gasteiger partial charge on any atom is 0.434 e. The first-order valence-corrected chi connectivity index (χ1v) is 12.7. The van der Waals surface area contributed by atoms with E-state index in [1.54, 1.807) is 19.9 Å². The maximum atomic E-state index is 15.0. The highest BCUT2D eigenvalue weighted by molar-refractivity contribution is 7.89. The first-order valence-electron chi connectivity index (χ1n) is 10.8. The lowest BCUT2D eigenvalue weighted by Gasteiger charge is -2.26. The lowest BCUT2D eigenvalue weighted by molar-refractivity contribution is 0.193. The molecule has 35 heavy (non-hydrogen) atoms. The summed E-state index contributed by atoms with van der Waals surface area (Å²) in [6.07, 6.45) is -0.482. The number of aliphatic hydroxyl groups is 1. The van der Waals surface area contributed by atoms with Crippen molar-refractivity contribution in [3.63, 3.8) is 0 Å². The van der Waals surface area contributed by atoms with Gasteiger partial charge in [0.15, 0.2) is 0 Å². The molecule has 1 aromatic heterocycles. The average molecular weight is 528 g/mol. The number of sulfonamides is 1. The number of H-pyrrole nitrogens is 1. The highest BCUT2D eigenvalue weighted by atomic mass is 35.5. The number of aromatic amines is 1. The topological polar surface area (TPSA) is 135 Å². The van der Waals surface area contributed by atoms with E-state index >= 15 is 0 Å². The van der Waals surface area contributed by atoms with E-state index in [1.165, 1.54) is 32.2 Å². The Bertz CT molecular complexity index is 1390. The second-order valence-corrected chi connectivity index (χ2v) is 10.2. The Balaban J connectivity index is 2.17. The normalized spacial score (nSPS) is 14.5. The SMILES string of the molecule is CCc1ccc(F)c([C@@H](C)[C@H](NS(=O)(=O)c2ccc(Cl)c(C(C)O)c2OC)c2n[nH]c(=O)o2)c1C. The van der Waals surface area contributed by atoms with Crippen molar-refractivity contribution in [2.45, 2.75) is 57.1 Å². The molecule has 0 saturated carbocycles. The van der Waals surface area contributed by atoms with Gasteiger partial charge in [0.1, 0.15) is 22.5 Å². The number of ether oxygens (including phenoxy) is 1. The Hall–Kier alpha value is -2.73. The van der Waals surface area contributed by atoms with Gasteiger partial charge in [0.25, 0.3) is 0 Å². The Kier molecular flexibility index (Phi) is 8.05. The fourth-order valence-electron chi connectivity index (χ4n) is 4.19. The van der Waals surface area contributed by atoms with Crippen LogP contribution in [-0.2, 0) is 16.4 Å². The van der Waals surface area contributed by atoms with Gasteiger partial charge in [0.2, 0.25) is 15.9 Å². The van der Waals surface area contributed by atoms with Crippen molar-refractivity contribution in [2.75, 3.05) is 7.11 Å². The van der Waals surface area contributed by atoms with E-state index in [1.807, 2.05) is 6.92 Å². The third-order valence-corrected chi connectivity index (χ3v) is 7.73. The number of aromatic nitrogens is 2. The van der Waals surface area contributed by atoms with E-state index in [2.05, 4.69) is 14.9 Å². The third kappa shape index (κ3) is 5.27. The lowest BCUT2D eigenvalue weighted by Crippen LogP contribution is -2.33. The molecule has 0 bridgehead atoms. The number of hydrogen-bond donors (Lipinski definition) is 3. The fraction of sp³-hybridized carbons (Fsp3) is 0.391. The lowest BCUT2D eigenvalue weighted by atomic mass is 9.87. The maximum absolute atomic E-state index is 15.0. The van der Waals surface area contributed by atoms with Crippen LogP contribution in [0.15, 0.2) is 38.4 Å². The van der Waals surface area contributed by atoms with Gasteiger partial charge in [-0.3, -0.25) is 0 Å². The Morgan fingerprint density at radius 3 is 2.49 bits per heavy atom. The summed E-state index contributed by atoms with van der Waals surface area (Å²) < 4.78 is 54.9. The predicted octanol–water partition coefficient (Wildman–Crippen LogP) is 3.91. The second kappa shape index (κ2) is 10.5. The summed E-state index contributed by atoms with van der Waals surface area (Å²) in [6.45, 7) is 6.70. The first-order chi connectivity index (χ1) is 16.4. The molecule has 0 amide bonds. The summed E-state index contributed by atoms with van der Waals surface area (Å²) >= 11 is 6.16. The third-order valence-electron chi connectivity index (χ3n) is 5.93. The molecule has 0 saturated heterocycles. The van der Waals surface area contributed by atoms with Crippen LogP contribution in [0.4, 0.5) is 4.39 Å². The van der Waals surface area contributed by atoms with Crippen molar-refractivity contribution in [2.24, 2.45) is 0 Å². The summed E-state index contributed by atoms with van der Waals surface area (Å²) in [4.78, 5) is 11.4. The summed E-state index contributed by atoms with van der Waals surface area (Å²) in [5.41, 5.74) is 1.89. The fourth-order valence-corrected chi connectivity index (χ4v) is 5.95. The molecule has 0 radical (unpaired) electrons. The van der Waals surface area contributed by atoms with Crippen molar-refractivity contribution in [1.29, 1.82) is 0 Å². The van der Waals surface area contributed by atoms with Crippen molar-refractivity contribution in [3.05, 3.63) is 73.8 Å². The van der Waals surface area contributed by atoms with Gasteiger partial charge in [-0.1, -0.05) is 31.5 Å². The van der Waals surface area contributed by atoms with E-state index in [-0.39, 0.29) is 32.7 Å². The van der Waals surface area contributed by atoms with E-state index in [4.69, 9.17) is 20.8 Å². The van der Waals surface area contributed by atoms with E-state index in [0.29, 0.717) is 12.0 Å². The molecule has 3 atom stereocenters. The van der Waals surface area contributed by atoms with Crippen LogP contribution >= 0.6 is 11.6 Å². The molecule has 3 aromatic rings. The molecule has 0 aliphatic heterocycles. The van der Waals surface area contributed by atoms with Crippen LogP contribution in [0.5, 0.6) is 5.75 Å². The summed E-state index contributed by atoms with van der Waals surface area (Å²) in [5, 5.41) is 16.2. The number of aliphatic hydroxyl groups excluding tert-OH is 1. The zero-order chi connectivity index (χ0) is 26.1. The van der Waals surface area contributed by atoms with Crippen LogP contribution in [0.2, 0.25) is 5.02 Å². The zero-order valence-electron chi connectivity index (χ0n) is 19.8. The van der Waals surface area contributed by atoms with Gasteiger partial charge >= 0.3 is 5.76 Å². The Morgan fingerprint density at radius 1 is 1.26 bits per heavy atom. The predicted molar refractivity (Wildman–Crippen MR) is 128 cm³/mol. The molecule has 0 aliphatic rings. The smallest absolute Gasteiger partial charge is 0.434 e. The van der Waals surface area contributed by atoms with Gasteiger partial charge in [-0.25, -0.2) is 22.7 Å². The van der Waals surface area contributed by atoms with E-state index in [0.717, 1.165) is 5.56 Å². The van der Waals surface area contributed by atoms with E-state index < -0.39 is 39.7 Å². The van der Waals surface area contributed by atoms with Gasteiger partial charge in [0.05, 0.1) is 18.2 Å². The van der Waals surface area contributed by atoms with Gasteiger partial charge < -0.3 is 14.3 Å². The molecule has 1 unspecified atom stereocenters. The molecule has 0 aliphatic carbocycles. The van der Waals surface area contributed by atoms with Crippen LogP contribution in [0.3, 0.4) is 0 Å². The largest absolute Gasteiger partial charge is 0.495 e. The monoisotopic (exact) mass is 527 g/mol. The van der Waals surface area contributed by atoms with Crippen LogP contribution in [0.25, 0.3) is 0 Å². The molecule has 12 heteroatoms. The van der Waals surface area contributed by atoms with Gasteiger partial charge in [0, 0.05) is 11.5 Å². The van der Waals surface area contributed by atoms with Gasteiger partial charge in [-0.05, 0) is 55.2 Å². The zero-order valence-corrected chi connectivity index (χ0v) is 21.4. The van der Waals surface area contributed by atoms with Crippen molar-refractivity contribution < 1.29 is 27.1 Å². The van der Waals surface area contributed by atoms with Crippen molar-refractivity contribution in [3.8, 4) is 5.75 Å². The number of rotatable bonds is 9. The highest BCUT2D eigenvalue weighted by Crippen LogP contribution is 2.40. The minimum Gasteiger partial charge on any atom is -0.495 e. The van der Waals surface area contributed by atoms with Crippen LogP contribution in [0, 0.1) is 12.7 Å². The van der Waals surface area contributed by atoms with E-state index in [9.17, 15) is 22.7 Å². The summed E-state index contributed by atoms with van der Waals surface area (Å²) in [6, 6.07) is 4.27. The minimum atomic E-state index is -4.39. The molecular formula is C23H27ClFN3O6S. The van der Waals surface area contributed by atoms with Crippen molar-refractivity contribution >= 4 is 21.6 Å². The molecule has 3 N–H and O–H groups in total. The molecule has 9 nitrogen and oxygen atoms in total. The van der Waals surface area contributed by atoms with Gasteiger partial charge in [-0.15, -0.1) is 5.10 Å².